The molecule has 0 unspecified atom stereocenters. The Hall–Kier alpha value is -1.88. The average molecular weight is 239 g/mol. The summed E-state index contributed by atoms with van der Waals surface area (Å²) in [5.74, 6) is -1.02. The first-order valence-corrected chi connectivity index (χ1v) is 4.80. The lowest BCUT2D eigenvalue weighted by Gasteiger charge is -2.05. The largest absolute Gasteiger partial charge is 0.381 e. The third-order valence-corrected chi connectivity index (χ3v) is 2.26. The van der Waals surface area contributed by atoms with E-state index in [1.165, 1.54) is 0 Å². The van der Waals surface area contributed by atoms with E-state index in [4.69, 9.17) is 23.1 Å². The molecule has 0 aliphatic rings. The van der Waals surface area contributed by atoms with E-state index < -0.39 is 5.82 Å². The van der Waals surface area contributed by atoms with Crippen molar-refractivity contribution < 1.29 is 4.39 Å². The minimum absolute atomic E-state index is 0.0659. The molecule has 2 aromatic rings. The van der Waals surface area contributed by atoms with Gasteiger partial charge in [0.05, 0.1) is 0 Å². The van der Waals surface area contributed by atoms with Gasteiger partial charge >= 0.3 is 0 Å². The number of benzene rings is 1. The van der Waals surface area contributed by atoms with Crippen LogP contribution in [0.5, 0.6) is 0 Å². The molecule has 0 aliphatic heterocycles. The molecule has 2 rings (SSSR count). The number of aromatic nitrogens is 2. The van der Waals surface area contributed by atoms with E-state index in [0.717, 1.165) is 0 Å². The van der Waals surface area contributed by atoms with Crippen LogP contribution in [-0.2, 0) is 0 Å². The van der Waals surface area contributed by atoms with Gasteiger partial charge in [-0.05, 0) is 12.1 Å². The quantitative estimate of drug-likeness (QED) is 0.798. The van der Waals surface area contributed by atoms with Crippen LogP contribution >= 0.6 is 11.6 Å². The second-order valence-electron chi connectivity index (χ2n) is 3.14. The summed E-state index contributed by atoms with van der Waals surface area (Å²) in [5, 5.41) is 0.555. The van der Waals surface area contributed by atoms with Crippen LogP contribution in [0.3, 0.4) is 0 Å². The molecular formula is C10H8ClFN4. The molecule has 1 aromatic carbocycles. The van der Waals surface area contributed by atoms with Crippen LogP contribution in [0.25, 0.3) is 11.3 Å². The van der Waals surface area contributed by atoms with Crippen molar-refractivity contribution in [1.29, 1.82) is 0 Å². The van der Waals surface area contributed by atoms with Crippen molar-refractivity contribution in [3.05, 3.63) is 35.1 Å². The zero-order valence-electron chi connectivity index (χ0n) is 8.11. The Morgan fingerprint density at radius 2 is 1.69 bits per heavy atom. The monoisotopic (exact) mass is 238 g/mol. The molecule has 0 aliphatic carbocycles. The number of nitrogens with two attached hydrogens (primary N) is 2. The predicted molar refractivity (Wildman–Crippen MR) is 61.3 cm³/mol. The Bertz CT molecular complexity index is 527. The first kappa shape index (κ1) is 10.6. The molecule has 16 heavy (non-hydrogen) atoms. The number of nitrogens with zero attached hydrogens (tertiary/aromatic N) is 2. The van der Waals surface area contributed by atoms with E-state index in [1.54, 1.807) is 24.3 Å². The molecule has 0 saturated carbocycles. The molecule has 0 spiro atoms. The molecule has 1 aromatic heterocycles. The number of hydrogen-bond donors (Lipinski definition) is 2. The van der Waals surface area contributed by atoms with Crippen molar-refractivity contribution >= 4 is 23.4 Å². The van der Waals surface area contributed by atoms with Crippen LogP contribution in [0, 0.1) is 5.82 Å². The lowest BCUT2D eigenvalue weighted by Crippen LogP contribution is -2.04. The van der Waals surface area contributed by atoms with Gasteiger partial charge in [-0.25, -0.2) is 9.37 Å². The molecule has 4 nitrogen and oxygen atoms in total. The van der Waals surface area contributed by atoms with Crippen LogP contribution < -0.4 is 11.5 Å². The van der Waals surface area contributed by atoms with Crippen molar-refractivity contribution in [2.24, 2.45) is 0 Å². The van der Waals surface area contributed by atoms with Crippen LogP contribution in [0.2, 0.25) is 5.02 Å². The third kappa shape index (κ3) is 1.90. The summed E-state index contributed by atoms with van der Waals surface area (Å²) in [6.45, 7) is 0. The second-order valence-corrected chi connectivity index (χ2v) is 3.57. The van der Waals surface area contributed by atoms with Gasteiger partial charge in [0, 0.05) is 10.6 Å². The average Bonchev–Trinajstić information content (AvgIpc) is 2.25. The fraction of sp³-hybridized carbons (Fsp3) is 0. The summed E-state index contributed by atoms with van der Waals surface area (Å²) in [6.07, 6.45) is 0. The number of nitrogen functional groups attached to an aromatic ring is 2. The SMILES string of the molecule is Nc1nc(N)c(F)c(-c2ccc(Cl)cc2)n1. The van der Waals surface area contributed by atoms with E-state index >= 15 is 0 Å². The highest BCUT2D eigenvalue weighted by molar-refractivity contribution is 6.30. The van der Waals surface area contributed by atoms with Gasteiger partial charge in [0.25, 0.3) is 0 Å². The molecule has 1 heterocycles. The summed E-state index contributed by atoms with van der Waals surface area (Å²) in [4.78, 5) is 7.32. The van der Waals surface area contributed by atoms with Gasteiger partial charge in [0.15, 0.2) is 11.6 Å². The molecule has 0 fully saturated rings. The number of halogens is 2. The highest BCUT2D eigenvalue weighted by Crippen LogP contribution is 2.25. The highest BCUT2D eigenvalue weighted by Gasteiger charge is 2.12. The Morgan fingerprint density at radius 1 is 1.06 bits per heavy atom. The van der Waals surface area contributed by atoms with Gasteiger partial charge in [-0.3, -0.25) is 0 Å². The lowest BCUT2D eigenvalue weighted by atomic mass is 10.1. The van der Waals surface area contributed by atoms with Crippen LogP contribution in [0.15, 0.2) is 24.3 Å². The van der Waals surface area contributed by atoms with Gasteiger partial charge in [0.2, 0.25) is 5.95 Å². The zero-order valence-corrected chi connectivity index (χ0v) is 8.87. The van der Waals surface area contributed by atoms with Gasteiger partial charge in [-0.2, -0.15) is 4.98 Å². The van der Waals surface area contributed by atoms with Crippen molar-refractivity contribution in [1.82, 2.24) is 9.97 Å². The zero-order chi connectivity index (χ0) is 11.7. The fourth-order valence-electron chi connectivity index (χ4n) is 1.28. The van der Waals surface area contributed by atoms with Gasteiger partial charge in [-0.15, -0.1) is 0 Å². The number of anilines is 2. The van der Waals surface area contributed by atoms with Crippen molar-refractivity contribution in [2.45, 2.75) is 0 Å². The molecule has 0 saturated heterocycles. The van der Waals surface area contributed by atoms with Gasteiger partial charge in [-0.1, -0.05) is 23.7 Å². The topological polar surface area (TPSA) is 77.8 Å². The molecule has 0 amide bonds. The maximum absolute atomic E-state index is 13.6. The Balaban J connectivity index is 2.59. The molecule has 0 atom stereocenters. The summed E-state index contributed by atoms with van der Waals surface area (Å²) in [7, 11) is 0. The number of rotatable bonds is 1. The first-order valence-electron chi connectivity index (χ1n) is 4.42. The maximum Gasteiger partial charge on any atom is 0.222 e. The molecule has 4 N–H and O–H groups in total. The van der Waals surface area contributed by atoms with E-state index in [1.807, 2.05) is 0 Å². The predicted octanol–water partition coefficient (Wildman–Crippen LogP) is 2.10. The Labute approximate surface area is 96.1 Å². The van der Waals surface area contributed by atoms with Gasteiger partial charge in [0.1, 0.15) is 5.69 Å². The summed E-state index contributed by atoms with van der Waals surface area (Å²) >= 11 is 5.73. The second kappa shape index (κ2) is 3.94. The van der Waals surface area contributed by atoms with Crippen molar-refractivity contribution in [3.8, 4) is 11.3 Å². The highest BCUT2D eigenvalue weighted by atomic mass is 35.5. The van der Waals surface area contributed by atoms with Crippen LogP contribution in [-0.4, -0.2) is 9.97 Å². The Kier molecular flexibility index (Phi) is 2.62. The maximum atomic E-state index is 13.6. The lowest BCUT2D eigenvalue weighted by molar-refractivity contribution is 0.625. The minimum atomic E-state index is -0.684. The summed E-state index contributed by atoms with van der Waals surface area (Å²) < 4.78 is 13.6. The van der Waals surface area contributed by atoms with Gasteiger partial charge < -0.3 is 11.5 Å². The van der Waals surface area contributed by atoms with Crippen LogP contribution in [0.1, 0.15) is 0 Å². The smallest absolute Gasteiger partial charge is 0.222 e. The molecule has 0 radical (unpaired) electrons. The third-order valence-electron chi connectivity index (χ3n) is 2.01. The molecule has 6 heteroatoms. The Morgan fingerprint density at radius 3 is 2.31 bits per heavy atom. The molecular weight excluding hydrogens is 231 g/mol. The standard InChI is InChI=1S/C10H8ClFN4/c11-6-3-1-5(2-4-6)8-7(12)9(13)16-10(14)15-8/h1-4H,(H4,13,14,15,16). The summed E-state index contributed by atoms with van der Waals surface area (Å²) in [6, 6.07) is 6.52. The van der Waals surface area contributed by atoms with Crippen molar-refractivity contribution in [2.75, 3.05) is 11.5 Å². The van der Waals surface area contributed by atoms with E-state index in [-0.39, 0.29) is 17.5 Å². The van der Waals surface area contributed by atoms with E-state index in [0.29, 0.717) is 10.6 Å². The normalized spacial score (nSPS) is 10.4. The minimum Gasteiger partial charge on any atom is -0.381 e. The van der Waals surface area contributed by atoms with Crippen LogP contribution in [0.4, 0.5) is 16.2 Å². The first-order chi connectivity index (χ1) is 7.58. The fourth-order valence-corrected chi connectivity index (χ4v) is 1.41. The molecule has 82 valence electrons. The molecule has 0 bridgehead atoms. The summed E-state index contributed by atoms with van der Waals surface area (Å²) in [5.41, 5.74) is 11.4. The van der Waals surface area contributed by atoms with E-state index in [2.05, 4.69) is 9.97 Å². The van der Waals surface area contributed by atoms with Crippen molar-refractivity contribution in [3.63, 3.8) is 0 Å². The van der Waals surface area contributed by atoms with E-state index in [9.17, 15) is 4.39 Å². The number of hydrogen-bond acceptors (Lipinski definition) is 4.